The number of hydrogen-bond acceptors (Lipinski definition) is 1. The highest BCUT2D eigenvalue weighted by Crippen LogP contribution is 2.31. The van der Waals surface area contributed by atoms with E-state index in [0.29, 0.717) is 0 Å². The highest BCUT2D eigenvalue weighted by atomic mass is 14.9. The molecular formula is C16H22N2. The lowest BCUT2D eigenvalue weighted by Crippen LogP contribution is -2.23. The third kappa shape index (κ3) is 2.82. The molecule has 1 saturated heterocycles. The van der Waals surface area contributed by atoms with Crippen LogP contribution in [0.25, 0.3) is 5.57 Å². The van der Waals surface area contributed by atoms with Crippen LogP contribution >= 0.6 is 0 Å². The van der Waals surface area contributed by atoms with E-state index in [1.165, 1.54) is 16.7 Å². The molecule has 0 bridgehead atoms. The summed E-state index contributed by atoms with van der Waals surface area (Å²) in [7, 11) is 0. The van der Waals surface area contributed by atoms with Crippen molar-refractivity contribution < 1.29 is 0 Å². The minimum absolute atomic E-state index is 1.09. The molecule has 0 aliphatic carbocycles. The topological polar surface area (TPSA) is 27.8 Å². The maximum Gasteiger partial charge on any atom is 0.00843 e. The number of rotatable bonds is 3. The standard InChI is InChI=1S/C16H22N2/c1-3-5-13(4-2)16(15-8-11-18-12-15)14-6-9-17-10-7-14/h3-5,8,11-12,17-18H,6-7,9-10H2,1-2H3/b5-3-,13-4+. The van der Waals surface area contributed by atoms with Gasteiger partial charge in [-0.25, -0.2) is 0 Å². The molecule has 2 nitrogen and oxygen atoms in total. The van der Waals surface area contributed by atoms with E-state index >= 15 is 0 Å². The summed E-state index contributed by atoms with van der Waals surface area (Å²) in [6.45, 7) is 6.38. The molecule has 18 heavy (non-hydrogen) atoms. The number of aromatic nitrogens is 1. The van der Waals surface area contributed by atoms with Crippen molar-refractivity contribution >= 4 is 5.57 Å². The maximum atomic E-state index is 3.42. The summed E-state index contributed by atoms with van der Waals surface area (Å²) >= 11 is 0. The van der Waals surface area contributed by atoms with Crippen LogP contribution in [0.4, 0.5) is 0 Å². The van der Waals surface area contributed by atoms with E-state index < -0.39 is 0 Å². The average molecular weight is 242 g/mol. The minimum atomic E-state index is 1.09. The number of allylic oxidation sites excluding steroid dienone is 5. The summed E-state index contributed by atoms with van der Waals surface area (Å²) in [6, 6.07) is 2.16. The second kappa shape index (κ2) is 6.41. The van der Waals surface area contributed by atoms with Crippen LogP contribution in [-0.2, 0) is 0 Å². The second-order valence-corrected chi connectivity index (χ2v) is 4.57. The number of piperidine rings is 1. The molecule has 1 fully saturated rings. The Morgan fingerprint density at radius 1 is 1.22 bits per heavy atom. The van der Waals surface area contributed by atoms with Crippen LogP contribution in [0.2, 0.25) is 0 Å². The number of nitrogens with one attached hydrogen (secondary N) is 2. The van der Waals surface area contributed by atoms with Gasteiger partial charge < -0.3 is 10.3 Å². The molecule has 1 aromatic rings. The van der Waals surface area contributed by atoms with E-state index in [1.54, 1.807) is 5.57 Å². The highest BCUT2D eigenvalue weighted by Gasteiger charge is 2.14. The molecule has 2 N–H and O–H groups in total. The number of aromatic amines is 1. The Morgan fingerprint density at radius 2 is 2.00 bits per heavy atom. The quantitative estimate of drug-likeness (QED) is 0.778. The van der Waals surface area contributed by atoms with Gasteiger partial charge in [-0.2, -0.15) is 0 Å². The fourth-order valence-electron chi connectivity index (χ4n) is 2.54. The lowest BCUT2D eigenvalue weighted by atomic mass is 9.89. The summed E-state index contributed by atoms with van der Waals surface area (Å²) in [5.41, 5.74) is 5.62. The normalized spacial score (nSPS) is 17.4. The van der Waals surface area contributed by atoms with E-state index in [-0.39, 0.29) is 0 Å². The van der Waals surface area contributed by atoms with Crippen LogP contribution in [0.1, 0.15) is 32.3 Å². The van der Waals surface area contributed by atoms with Gasteiger partial charge in [0.05, 0.1) is 0 Å². The zero-order valence-electron chi connectivity index (χ0n) is 11.3. The summed E-state index contributed by atoms with van der Waals surface area (Å²) < 4.78 is 0. The van der Waals surface area contributed by atoms with Crippen LogP contribution in [0, 0.1) is 0 Å². The molecule has 96 valence electrons. The molecule has 0 amide bonds. The fourth-order valence-corrected chi connectivity index (χ4v) is 2.54. The molecule has 2 rings (SSSR count). The van der Waals surface area contributed by atoms with Gasteiger partial charge in [0.25, 0.3) is 0 Å². The first-order valence-electron chi connectivity index (χ1n) is 6.72. The zero-order valence-corrected chi connectivity index (χ0v) is 11.3. The van der Waals surface area contributed by atoms with E-state index in [0.717, 1.165) is 25.9 Å². The molecule has 2 heteroatoms. The average Bonchev–Trinajstić information content (AvgIpc) is 2.93. The number of H-pyrrole nitrogens is 1. The second-order valence-electron chi connectivity index (χ2n) is 4.57. The first-order valence-corrected chi connectivity index (χ1v) is 6.72. The lowest BCUT2D eigenvalue weighted by molar-refractivity contribution is 0.611. The molecular weight excluding hydrogens is 220 g/mol. The van der Waals surface area contributed by atoms with Gasteiger partial charge >= 0.3 is 0 Å². The summed E-state index contributed by atoms with van der Waals surface area (Å²) in [6.07, 6.45) is 12.9. The third-order valence-corrected chi connectivity index (χ3v) is 3.39. The van der Waals surface area contributed by atoms with E-state index in [9.17, 15) is 0 Å². The predicted molar refractivity (Wildman–Crippen MR) is 78.4 cm³/mol. The SMILES string of the molecule is C/C=C\C(=C/C)C(=C1CCNCC1)c1cc[nH]c1. The molecule has 0 spiro atoms. The van der Waals surface area contributed by atoms with E-state index in [2.05, 4.69) is 54.6 Å². The smallest absolute Gasteiger partial charge is 0.00843 e. The molecule has 0 unspecified atom stereocenters. The van der Waals surface area contributed by atoms with Crippen molar-refractivity contribution in [3.05, 3.63) is 53.4 Å². The van der Waals surface area contributed by atoms with Gasteiger partial charge in [-0.05, 0) is 62.6 Å². The van der Waals surface area contributed by atoms with E-state index in [4.69, 9.17) is 0 Å². The van der Waals surface area contributed by atoms with E-state index in [1.807, 2.05) is 6.20 Å². The Bertz CT molecular complexity index is 453. The van der Waals surface area contributed by atoms with Gasteiger partial charge in [-0.1, -0.05) is 23.8 Å². The molecule has 1 aliphatic rings. The van der Waals surface area contributed by atoms with Gasteiger partial charge in [0.15, 0.2) is 0 Å². The molecule has 1 aromatic heterocycles. The largest absolute Gasteiger partial charge is 0.367 e. The van der Waals surface area contributed by atoms with Crippen molar-refractivity contribution in [3.63, 3.8) is 0 Å². The first-order chi connectivity index (χ1) is 8.86. The van der Waals surface area contributed by atoms with Gasteiger partial charge in [0.1, 0.15) is 0 Å². The zero-order chi connectivity index (χ0) is 12.8. The van der Waals surface area contributed by atoms with Crippen molar-refractivity contribution in [1.82, 2.24) is 10.3 Å². The van der Waals surface area contributed by atoms with Crippen LogP contribution in [0.3, 0.4) is 0 Å². The lowest BCUT2D eigenvalue weighted by Gasteiger charge is -2.21. The molecule has 0 aromatic carbocycles. The Labute approximate surface area is 109 Å². The Balaban J connectivity index is 2.46. The predicted octanol–water partition coefficient (Wildman–Crippen LogP) is 3.67. The molecule has 0 saturated carbocycles. The third-order valence-electron chi connectivity index (χ3n) is 3.39. The van der Waals surface area contributed by atoms with Crippen molar-refractivity contribution in [2.75, 3.05) is 13.1 Å². The number of hydrogen-bond donors (Lipinski definition) is 2. The van der Waals surface area contributed by atoms with Crippen LogP contribution in [0.5, 0.6) is 0 Å². The van der Waals surface area contributed by atoms with Crippen molar-refractivity contribution in [2.24, 2.45) is 0 Å². The van der Waals surface area contributed by atoms with Crippen LogP contribution < -0.4 is 5.32 Å². The Kier molecular flexibility index (Phi) is 4.59. The van der Waals surface area contributed by atoms with Gasteiger partial charge in [0, 0.05) is 12.4 Å². The van der Waals surface area contributed by atoms with Crippen molar-refractivity contribution in [3.8, 4) is 0 Å². The van der Waals surface area contributed by atoms with Crippen molar-refractivity contribution in [2.45, 2.75) is 26.7 Å². The molecule has 2 heterocycles. The van der Waals surface area contributed by atoms with Gasteiger partial charge in [0.2, 0.25) is 0 Å². The first kappa shape index (κ1) is 12.9. The maximum absolute atomic E-state index is 3.42. The van der Waals surface area contributed by atoms with Gasteiger partial charge in [-0.15, -0.1) is 0 Å². The highest BCUT2D eigenvalue weighted by molar-refractivity contribution is 5.83. The Morgan fingerprint density at radius 3 is 2.56 bits per heavy atom. The summed E-state index contributed by atoms with van der Waals surface area (Å²) in [5.74, 6) is 0. The van der Waals surface area contributed by atoms with Crippen LogP contribution in [-0.4, -0.2) is 18.1 Å². The minimum Gasteiger partial charge on any atom is -0.367 e. The molecule has 0 atom stereocenters. The fraction of sp³-hybridized carbons (Fsp3) is 0.375. The van der Waals surface area contributed by atoms with Gasteiger partial charge in [-0.3, -0.25) is 0 Å². The molecule has 0 radical (unpaired) electrons. The summed E-state index contributed by atoms with van der Waals surface area (Å²) in [5, 5.41) is 3.42. The Hall–Kier alpha value is -1.54. The molecule has 1 aliphatic heterocycles. The van der Waals surface area contributed by atoms with Crippen LogP contribution in [0.15, 0.2) is 47.8 Å². The van der Waals surface area contributed by atoms with Crippen molar-refractivity contribution in [1.29, 1.82) is 0 Å². The summed E-state index contributed by atoms with van der Waals surface area (Å²) in [4.78, 5) is 3.17. The monoisotopic (exact) mass is 242 g/mol.